The summed E-state index contributed by atoms with van der Waals surface area (Å²) in [5, 5.41) is 1.81. The van der Waals surface area contributed by atoms with Gasteiger partial charge in [0.15, 0.2) is 0 Å². The summed E-state index contributed by atoms with van der Waals surface area (Å²) in [7, 11) is 0.749. The molecule has 2 heterocycles. The minimum Gasteiger partial charge on any atom is -0.416 e. The van der Waals surface area contributed by atoms with Crippen LogP contribution in [0.5, 0.6) is 0 Å². The number of methoxy groups -OCH3 is 1. The number of fused-ring (bicyclic) bond motifs is 3. The molecule has 3 aromatic rings. The Labute approximate surface area is 161 Å². The molecule has 1 aromatic carbocycles. The van der Waals surface area contributed by atoms with Crippen LogP contribution in [-0.2, 0) is 22.3 Å². The molecule has 0 aliphatic heterocycles. The molecule has 6 heteroatoms. The van der Waals surface area contributed by atoms with Gasteiger partial charge in [0.2, 0.25) is 9.04 Å². The van der Waals surface area contributed by atoms with E-state index in [0.717, 1.165) is 22.8 Å². The van der Waals surface area contributed by atoms with Crippen LogP contribution in [0.3, 0.4) is 0 Å². The lowest BCUT2D eigenvalue weighted by Gasteiger charge is -2.24. The third kappa shape index (κ3) is 4.13. The molecule has 0 aliphatic carbocycles. The largest absolute Gasteiger partial charge is 0.416 e. The van der Waals surface area contributed by atoms with Crippen molar-refractivity contribution in [2.24, 2.45) is 0 Å². The van der Waals surface area contributed by atoms with E-state index in [1.807, 2.05) is 12.1 Å². The molecular weight excluding hydrogens is 356 g/mol. The lowest BCUT2D eigenvalue weighted by molar-refractivity contribution is 0.132. The van der Waals surface area contributed by atoms with Gasteiger partial charge >= 0.3 is 0 Å². The smallest absolute Gasteiger partial charge is 0.262 e. The van der Waals surface area contributed by atoms with Crippen molar-refractivity contribution in [1.82, 2.24) is 9.55 Å². The number of nitrogens with zero attached hydrogens (tertiary/aromatic N) is 2. The van der Waals surface area contributed by atoms with Gasteiger partial charge in [0.1, 0.15) is 6.73 Å². The average Bonchev–Trinajstić information content (AvgIpc) is 2.64. The van der Waals surface area contributed by atoms with Gasteiger partial charge in [0.25, 0.3) is 5.56 Å². The molecule has 0 unspecified atom stereocenters. The summed E-state index contributed by atoms with van der Waals surface area (Å²) in [4.78, 5) is 17.3. The standard InChI is InChI=1S/C21H27N2O3Si/c1-21(2,3)27(5)26-12-10-15-8-9-18-17(13-15)19-16(7-6-11-22-19)20(24)23(18)14-25-4/h6-9,11,13H,10,12,14H2,1-5H3. The second-order valence-electron chi connectivity index (χ2n) is 7.81. The molecule has 0 saturated carbocycles. The molecule has 27 heavy (non-hydrogen) atoms. The van der Waals surface area contributed by atoms with Crippen molar-refractivity contribution in [2.45, 2.75) is 45.5 Å². The Bertz CT molecular complexity index is 1010. The summed E-state index contributed by atoms with van der Waals surface area (Å²) in [6.07, 6.45) is 2.57. The second-order valence-corrected chi connectivity index (χ2v) is 10.7. The van der Waals surface area contributed by atoms with Crippen molar-refractivity contribution < 1.29 is 9.16 Å². The Morgan fingerprint density at radius 1 is 1.19 bits per heavy atom. The Morgan fingerprint density at radius 2 is 1.96 bits per heavy atom. The molecule has 0 aliphatic rings. The van der Waals surface area contributed by atoms with Crippen molar-refractivity contribution in [1.29, 1.82) is 0 Å². The summed E-state index contributed by atoms with van der Waals surface area (Å²) in [5.41, 5.74) is 2.68. The van der Waals surface area contributed by atoms with E-state index in [1.165, 1.54) is 5.56 Å². The first-order valence-corrected chi connectivity index (χ1v) is 11.1. The van der Waals surface area contributed by atoms with Crippen molar-refractivity contribution in [3.8, 4) is 0 Å². The Balaban J connectivity index is 1.98. The van der Waals surface area contributed by atoms with Gasteiger partial charge in [-0.25, -0.2) is 0 Å². The van der Waals surface area contributed by atoms with Gasteiger partial charge in [-0.1, -0.05) is 26.8 Å². The van der Waals surface area contributed by atoms with Crippen LogP contribution in [0.15, 0.2) is 41.3 Å². The quantitative estimate of drug-likeness (QED) is 0.474. The Kier molecular flexibility index (Phi) is 5.79. The van der Waals surface area contributed by atoms with E-state index in [2.05, 4.69) is 44.4 Å². The van der Waals surface area contributed by atoms with Crippen LogP contribution < -0.4 is 5.56 Å². The third-order valence-corrected chi connectivity index (χ3v) is 7.66. The zero-order valence-corrected chi connectivity index (χ0v) is 17.7. The maximum absolute atomic E-state index is 12.8. The molecule has 0 fully saturated rings. The Morgan fingerprint density at radius 3 is 2.67 bits per heavy atom. The van der Waals surface area contributed by atoms with Gasteiger partial charge in [0, 0.05) is 25.3 Å². The number of ether oxygens (including phenoxy) is 1. The Hall–Kier alpha value is -2.02. The molecule has 0 amide bonds. The van der Waals surface area contributed by atoms with E-state index in [4.69, 9.17) is 9.16 Å². The van der Waals surface area contributed by atoms with Crippen LogP contribution in [0.25, 0.3) is 21.8 Å². The van der Waals surface area contributed by atoms with E-state index in [0.29, 0.717) is 12.0 Å². The fourth-order valence-corrected chi connectivity index (χ4v) is 3.85. The lowest BCUT2D eigenvalue weighted by Crippen LogP contribution is -2.26. The summed E-state index contributed by atoms with van der Waals surface area (Å²) in [6.45, 7) is 9.82. The molecule has 0 atom stereocenters. The number of hydrogen-bond donors (Lipinski definition) is 0. The first kappa shape index (κ1) is 19.7. The predicted octanol–water partition coefficient (Wildman–Crippen LogP) is 4.13. The van der Waals surface area contributed by atoms with E-state index in [-0.39, 0.29) is 17.3 Å². The minimum absolute atomic E-state index is 0.0769. The number of pyridine rings is 2. The highest BCUT2D eigenvalue weighted by atomic mass is 28.3. The number of benzene rings is 1. The fraction of sp³-hybridized carbons (Fsp3) is 0.429. The van der Waals surface area contributed by atoms with E-state index >= 15 is 0 Å². The van der Waals surface area contributed by atoms with E-state index in [9.17, 15) is 4.79 Å². The molecule has 3 rings (SSSR count). The number of aromatic nitrogens is 2. The highest BCUT2D eigenvalue weighted by molar-refractivity contribution is 6.53. The highest BCUT2D eigenvalue weighted by Crippen LogP contribution is 2.27. The number of hydrogen-bond acceptors (Lipinski definition) is 4. The first-order valence-electron chi connectivity index (χ1n) is 9.19. The molecule has 2 aromatic heterocycles. The number of rotatable bonds is 6. The van der Waals surface area contributed by atoms with Gasteiger partial charge in [-0.05, 0) is 47.8 Å². The highest BCUT2D eigenvalue weighted by Gasteiger charge is 2.23. The van der Waals surface area contributed by atoms with E-state index < -0.39 is 9.04 Å². The zero-order chi connectivity index (χ0) is 19.6. The van der Waals surface area contributed by atoms with Gasteiger partial charge in [0.05, 0.1) is 16.4 Å². The molecular formula is C21H27N2O3Si. The van der Waals surface area contributed by atoms with Crippen LogP contribution in [-0.4, -0.2) is 32.3 Å². The predicted molar refractivity (Wildman–Crippen MR) is 112 cm³/mol. The van der Waals surface area contributed by atoms with Gasteiger partial charge in [-0.2, -0.15) is 0 Å². The average molecular weight is 384 g/mol. The summed E-state index contributed by atoms with van der Waals surface area (Å²) >= 11 is 0. The van der Waals surface area contributed by atoms with Crippen LogP contribution in [0.2, 0.25) is 11.6 Å². The zero-order valence-electron chi connectivity index (χ0n) is 16.7. The third-order valence-electron chi connectivity index (χ3n) is 4.91. The van der Waals surface area contributed by atoms with Crippen molar-refractivity contribution in [3.63, 3.8) is 0 Å². The topological polar surface area (TPSA) is 53.4 Å². The van der Waals surface area contributed by atoms with Crippen molar-refractivity contribution in [2.75, 3.05) is 13.7 Å². The molecule has 0 saturated heterocycles. The molecule has 143 valence electrons. The maximum Gasteiger partial charge on any atom is 0.262 e. The van der Waals surface area contributed by atoms with Crippen molar-refractivity contribution >= 4 is 30.8 Å². The molecule has 0 bridgehead atoms. The summed E-state index contributed by atoms with van der Waals surface area (Å²) in [6, 6.07) is 9.79. The fourth-order valence-electron chi connectivity index (χ4n) is 3.01. The molecule has 5 nitrogen and oxygen atoms in total. The lowest BCUT2D eigenvalue weighted by atomic mass is 10.1. The summed E-state index contributed by atoms with van der Waals surface area (Å²) in [5.74, 6) is 0. The van der Waals surface area contributed by atoms with Crippen LogP contribution in [0.1, 0.15) is 26.3 Å². The first-order chi connectivity index (χ1) is 12.8. The monoisotopic (exact) mass is 383 g/mol. The van der Waals surface area contributed by atoms with Gasteiger partial charge in [-0.15, -0.1) is 0 Å². The minimum atomic E-state index is -0.845. The van der Waals surface area contributed by atoms with Crippen LogP contribution >= 0.6 is 0 Å². The molecule has 1 radical (unpaired) electrons. The van der Waals surface area contributed by atoms with Crippen LogP contribution in [0.4, 0.5) is 0 Å². The second kappa shape index (κ2) is 7.92. The molecule has 0 spiro atoms. The van der Waals surface area contributed by atoms with Crippen LogP contribution in [0, 0.1) is 0 Å². The molecule has 0 N–H and O–H groups in total. The van der Waals surface area contributed by atoms with Gasteiger partial charge < -0.3 is 9.16 Å². The van der Waals surface area contributed by atoms with Crippen molar-refractivity contribution in [3.05, 3.63) is 52.4 Å². The normalized spacial score (nSPS) is 12.4. The SMILES string of the molecule is COCn1c(=O)c2cccnc2c2cc(CCO[Si](C)C(C)(C)C)ccc21. The van der Waals surface area contributed by atoms with Gasteiger partial charge in [-0.3, -0.25) is 14.3 Å². The summed E-state index contributed by atoms with van der Waals surface area (Å²) < 4.78 is 13.0. The maximum atomic E-state index is 12.8. The van der Waals surface area contributed by atoms with E-state index in [1.54, 1.807) is 23.9 Å².